The van der Waals surface area contributed by atoms with Crippen molar-refractivity contribution in [1.29, 1.82) is 0 Å². The van der Waals surface area contributed by atoms with Crippen molar-refractivity contribution in [3.05, 3.63) is 39.8 Å². The summed E-state index contributed by atoms with van der Waals surface area (Å²) in [4.78, 5) is 11.5. The molecule has 0 aliphatic heterocycles. The van der Waals surface area contributed by atoms with Crippen molar-refractivity contribution in [3.8, 4) is 0 Å². The lowest BCUT2D eigenvalue weighted by atomic mass is 10.1. The average molecular weight is 239 g/mol. The predicted octanol–water partition coefficient (Wildman–Crippen LogP) is 1.48. The molecule has 90 valence electrons. The first-order chi connectivity index (χ1) is 8.04. The van der Waals surface area contributed by atoms with Crippen molar-refractivity contribution in [2.24, 2.45) is 0 Å². The fourth-order valence-electron chi connectivity index (χ4n) is 1.64. The molecule has 1 atom stereocenters. The maximum atomic E-state index is 13.2. The fourth-order valence-corrected chi connectivity index (χ4v) is 1.64. The van der Waals surface area contributed by atoms with Crippen molar-refractivity contribution in [1.82, 2.24) is 15.5 Å². The zero-order valence-corrected chi connectivity index (χ0v) is 9.34. The van der Waals surface area contributed by atoms with E-state index in [1.807, 2.05) is 0 Å². The quantitative estimate of drug-likeness (QED) is 0.834. The molecule has 0 fully saturated rings. The summed E-state index contributed by atoms with van der Waals surface area (Å²) in [5.74, 6) is -2.04. The standard InChI is InChI=1S/C11H11F2N3O/c1-5(14-2)10-6-3-8(12)9(13)4-7(6)11(17)16-15-10/h3-5,14H,1-2H3,(H,16,17). The maximum absolute atomic E-state index is 13.2. The van der Waals surface area contributed by atoms with E-state index in [0.717, 1.165) is 12.1 Å². The molecule has 1 aromatic carbocycles. The Kier molecular flexibility index (Phi) is 2.89. The monoisotopic (exact) mass is 239 g/mol. The first-order valence-electron chi connectivity index (χ1n) is 5.09. The summed E-state index contributed by atoms with van der Waals surface area (Å²) in [5, 5.41) is 9.46. The molecule has 4 nitrogen and oxygen atoms in total. The van der Waals surface area contributed by atoms with Gasteiger partial charge in [0.2, 0.25) is 0 Å². The van der Waals surface area contributed by atoms with Crippen LogP contribution in [0, 0.1) is 11.6 Å². The Morgan fingerprint density at radius 1 is 1.29 bits per heavy atom. The van der Waals surface area contributed by atoms with Crippen LogP contribution >= 0.6 is 0 Å². The Hall–Kier alpha value is -1.82. The van der Waals surface area contributed by atoms with E-state index >= 15 is 0 Å². The van der Waals surface area contributed by atoms with Crippen molar-refractivity contribution in [3.63, 3.8) is 0 Å². The maximum Gasteiger partial charge on any atom is 0.272 e. The van der Waals surface area contributed by atoms with Gasteiger partial charge in [-0.3, -0.25) is 4.79 Å². The summed E-state index contributed by atoms with van der Waals surface area (Å²) in [6, 6.07) is 1.70. The highest BCUT2D eigenvalue weighted by molar-refractivity contribution is 5.84. The van der Waals surface area contributed by atoms with Gasteiger partial charge in [0.15, 0.2) is 11.6 Å². The molecular weight excluding hydrogens is 228 g/mol. The Morgan fingerprint density at radius 3 is 2.47 bits per heavy atom. The lowest BCUT2D eigenvalue weighted by Gasteiger charge is -2.11. The van der Waals surface area contributed by atoms with Crippen LogP contribution in [0.1, 0.15) is 18.7 Å². The Bertz CT molecular complexity index is 624. The molecule has 1 aromatic heterocycles. The van der Waals surface area contributed by atoms with Crippen LogP contribution in [0.25, 0.3) is 10.8 Å². The molecule has 2 N–H and O–H groups in total. The van der Waals surface area contributed by atoms with Crippen molar-refractivity contribution < 1.29 is 8.78 Å². The van der Waals surface area contributed by atoms with Crippen molar-refractivity contribution >= 4 is 10.8 Å². The number of fused-ring (bicyclic) bond motifs is 1. The van der Waals surface area contributed by atoms with Crippen LogP contribution in [0.4, 0.5) is 8.78 Å². The number of rotatable bonds is 2. The molecule has 0 bridgehead atoms. The third-order valence-electron chi connectivity index (χ3n) is 2.70. The zero-order valence-electron chi connectivity index (χ0n) is 9.34. The highest BCUT2D eigenvalue weighted by Gasteiger charge is 2.14. The van der Waals surface area contributed by atoms with Gasteiger partial charge in [-0.1, -0.05) is 0 Å². The van der Waals surface area contributed by atoms with E-state index in [0.29, 0.717) is 11.1 Å². The van der Waals surface area contributed by atoms with Gasteiger partial charge in [0.25, 0.3) is 5.56 Å². The van der Waals surface area contributed by atoms with E-state index in [1.54, 1.807) is 14.0 Å². The van der Waals surface area contributed by atoms with Crippen molar-refractivity contribution in [2.45, 2.75) is 13.0 Å². The number of nitrogens with one attached hydrogen (secondary N) is 2. The molecule has 0 saturated heterocycles. The summed E-state index contributed by atoms with van der Waals surface area (Å²) in [6.45, 7) is 1.81. The number of H-pyrrole nitrogens is 1. The molecule has 2 aromatic rings. The summed E-state index contributed by atoms with van der Waals surface area (Å²) < 4.78 is 26.3. The van der Waals surface area contributed by atoms with Crippen molar-refractivity contribution in [2.75, 3.05) is 7.05 Å². The van der Waals surface area contributed by atoms with Gasteiger partial charge in [0, 0.05) is 11.4 Å². The third kappa shape index (κ3) is 1.91. The van der Waals surface area contributed by atoms with Gasteiger partial charge in [-0.25, -0.2) is 13.9 Å². The van der Waals surface area contributed by atoms with Gasteiger partial charge in [-0.15, -0.1) is 0 Å². The average Bonchev–Trinajstić information content (AvgIpc) is 2.31. The van der Waals surface area contributed by atoms with Gasteiger partial charge in [-0.2, -0.15) is 5.10 Å². The number of aromatic nitrogens is 2. The first kappa shape index (κ1) is 11.7. The Labute approximate surface area is 95.7 Å². The molecule has 0 amide bonds. The molecule has 2 rings (SSSR count). The number of hydrogen-bond donors (Lipinski definition) is 2. The largest absolute Gasteiger partial charge is 0.312 e. The number of aromatic amines is 1. The van der Waals surface area contributed by atoms with Gasteiger partial charge in [0.05, 0.1) is 11.1 Å². The van der Waals surface area contributed by atoms with Crippen LogP contribution in [0.2, 0.25) is 0 Å². The SMILES string of the molecule is CNC(C)c1n[nH]c(=O)c2cc(F)c(F)cc12. The molecule has 0 aliphatic carbocycles. The van der Waals surface area contributed by atoms with E-state index in [4.69, 9.17) is 0 Å². The second-order valence-corrected chi connectivity index (χ2v) is 3.76. The summed E-state index contributed by atoms with van der Waals surface area (Å²) >= 11 is 0. The summed E-state index contributed by atoms with van der Waals surface area (Å²) in [6.07, 6.45) is 0. The molecule has 17 heavy (non-hydrogen) atoms. The first-order valence-corrected chi connectivity index (χ1v) is 5.09. The predicted molar refractivity (Wildman–Crippen MR) is 59.8 cm³/mol. The lowest BCUT2D eigenvalue weighted by molar-refractivity contribution is 0.510. The van der Waals surface area contributed by atoms with Crippen LogP contribution in [0.15, 0.2) is 16.9 Å². The van der Waals surface area contributed by atoms with E-state index in [2.05, 4.69) is 15.5 Å². The zero-order chi connectivity index (χ0) is 12.6. The highest BCUT2D eigenvalue weighted by atomic mass is 19.2. The second-order valence-electron chi connectivity index (χ2n) is 3.76. The molecule has 1 heterocycles. The molecule has 0 spiro atoms. The van der Waals surface area contributed by atoms with Gasteiger partial charge >= 0.3 is 0 Å². The van der Waals surface area contributed by atoms with E-state index < -0.39 is 17.2 Å². The highest BCUT2D eigenvalue weighted by Crippen LogP contribution is 2.21. The van der Waals surface area contributed by atoms with Crippen LogP contribution < -0.4 is 10.9 Å². The topological polar surface area (TPSA) is 57.8 Å². The minimum atomic E-state index is -1.04. The minimum Gasteiger partial charge on any atom is -0.312 e. The Morgan fingerprint density at radius 2 is 1.88 bits per heavy atom. The van der Waals surface area contributed by atoms with Gasteiger partial charge in [0.1, 0.15) is 0 Å². The van der Waals surface area contributed by atoms with Crippen LogP contribution in [0.5, 0.6) is 0 Å². The molecular formula is C11H11F2N3O. The molecule has 0 aliphatic rings. The van der Waals surface area contributed by atoms with Crippen LogP contribution in [-0.4, -0.2) is 17.2 Å². The summed E-state index contributed by atoms with van der Waals surface area (Å²) in [5.41, 5.74) is -0.0630. The normalized spacial score (nSPS) is 12.9. The van der Waals surface area contributed by atoms with Gasteiger partial charge in [-0.05, 0) is 26.1 Å². The molecule has 1 unspecified atom stereocenters. The second kappa shape index (κ2) is 4.21. The summed E-state index contributed by atoms with van der Waals surface area (Å²) in [7, 11) is 1.71. The number of hydrogen-bond acceptors (Lipinski definition) is 3. The number of benzene rings is 1. The lowest BCUT2D eigenvalue weighted by Crippen LogP contribution is -2.19. The number of nitrogens with zero attached hydrogens (tertiary/aromatic N) is 1. The smallest absolute Gasteiger partial charge is 0.272 e. The molecule has 0 radical (unpaired) electrons. The Balaban J connectivity index is 2.84. The van der Waals surface area contributed by atoms with Crippen LogP contribution in [-0.2, 0) is 0 Å². The van der Waals surface area contributed by atoms with Gasteiger partial charge < -0.3 is 5.32 Å². The minimum absolute atomic E-state index is 0.0935. The van der Waals surface area contributed by atoms with Crippen LogP contribution in [0.3, 0.4) is 0 Å². The third-order valence-corrected chi connectivity index (χ3v) is 2.70. The van der Waals surface area contributed by atoms with E-state index in [1.165, 1.54) is 0 Å². The number of halogens is 2. The fraction of sp³-hybridized carbons (Fsp3) is 0.273. The molecule has 6 heteroatoms. The molecule has 0 saturated carbocycles. The van der Waals surface area contributed by atoms with E-state index in [9.17, 15) is 13.6 Å². The van der Waals surface area contributed by atoms with E-state index in [-0.39, 0.29) is 11.4 Å².